The molecule has 0 saturated heterocycles. The van der Waals surface area contributed by atoms with Crippen molar-refractivity contribution in [3.63, 3.8) is 0 Å². The maximum Gasteiger partial charge on any atom is 0.272 e. The van der Waals surface area contributed by atoms with Gasteiger partial charge in [0.05, 0.1) is 12.2 Å². The van der Waals surface area contributed by atoms with Crippen LogP contribution in [-0.2, 0) is 6.54 Å². The predicted octanol–water partition coefficient (Wildman–Crippen LogP) is 2.41. The van der Waals surface area contributed by atoms with Crippen LogP contribution in [0.25, 0.3) is 10.8 Å². The lowest BCUT2D eigenvalue weighted by atomic mass is 10.1. The molecule has 0 aliphatic heterocycles. The van der Waals surface area contributed by atoms with Crippen molar-refractivity contribution in [3.05, 3.63) is 60.0 Å². The molecule has 3 rings (SSSR count). The number of rotatable bonds is 5. The highest BCUT2D eigenvalue weighted by atomic mass is 16.1. The summed E-state index contributed by atoms with van der Waals surface area (Å²) in [5, 5.41) is 13.0. The molecule has 1 aromatic carbocycles. The molecule has 0 fully saturated rings. The Morgan fingerprint density at radius 1 is 1.08 bits per heavy atom. The van der Waals surface area contributed by atoms with Crippen molar-refractivity contribution in [1.29, 1.82) is 0 Å². The molecule has 0 aliphatic rings. The zero-order chi connectivity index (χ0) is 16.9. The second kappa shape index (κ2) is 7.04. The van der Waals surface area contributed by atoms with E-state index in [2.05, 4.69) is 20.5 Å². The van der Waals surface area contributed by atoms with Crippen LogP contribution in [0.2, 0.25) is 0 Å². The zero-order valence-electron chi connectivity index (χ0n) is 13.7. The molecule has 1 amide bonds. The SMILES string of the molecule is CCN(C)c1nnc(C(=O)NCc2ccccn2)c2ccccc12. The number of pyridine rings is 1. The maximum absolute atomic E-state index is 12.5. The number of nitrogens with zero attached hydrogens (tertiary/aromatic N) is 4. The number of hydrogen-bond acceptors (Lipinski definition) is 5. The summed E-state index contributed by atoms with van der Waals surface area (Å²) in [6.07, 6.45) is 1.70. The van der Waals surface area contributed by atoms with Crippen molar-refractivity contribution in [2.45, 2.75) is 13.5 Å². The molecule has 2 heterocycles. The normalized spacial score (nSPS) is 10.6. The van der Waals surface area contributed by atoms with Gasteiger partial charge in [0.2, 0.25) is 0 Å². The molecule has 0 atom stereocenters. The van der Waals surface area contributed by atoms with Gasteiger partial charge in [0.1, 0.15) is 0 Å². The van der Waals surface area contributed by atoms with Crippen LogP contribution in [0, 0.1) is 0 Å². The topological polar surface area (TPSA) is 71.0 Å². The third kappa shape index (κ3) is 3.17. The highest BCUT2D eigenvalue weighted by Gasteiger charge is 2.16. The first kappa shape index (κ1) is 15.9. The van der Waals surface area contributed by atoms with Gasteiger partial charge in [-0.15, -0.1) is 10.2 Å². The molecule has 122 valence electrons. The third-order valence-electron chi connectivity index (χ3n) is 3.88. The number of anilines is 1. The Labute approximate surface area is 140 Å². The minimum absolute atomic E-state index is 0.255. The summed E-state index contributed by atoms with van der Waals surface area (Å²) < 4.78 is 0. The number of fused-ring (bicyclic) bond motifs is 1. The summed E-state index contributed by atoms with van der Waals surface area (Å²) in [5.41, 5.74) is 1.13. The average molecular weight is 321 g/mol. The van der Waals surface area contributed by atoms with E-state index in [1.807, 2.05) is 61.3 Å². The predicted molar refractivity (Wildman–Crippen MR) is 93.9 cm³/mol. The van der Waals surface area contributed by atoms with E-state index in [1.54, 1.807) is 6.20 Å². The summed E-state index contributed by atoms with van der Waals surface area (Å²) >= 11 is 0. The lowest BCUT2D eigenvalue weighted by Gasteiger charge is -2.17. The molecular weight excluding hydrogens is 302 g/mol. The van der Waals surface area contributed by atoms with Gasteiger partial charge in [0, 0.05) is 30.6 Å². The van der Waals surface area contributed by atoms with Gasteiger partial charge in [-0.3, -0.25) is 9.78 Å². The quantitative estimate of drug-likeness (QED) is 0.781. The van der Waals surface area contributed by atoms with Crippen LogP contribution >= 0.6 is 0 Å². The number of carbonyl (C=O) groups excluding carboxylic acids is 1. The summed E-state index contributed by atoms with van der Waals surface area (Å²) in [4.78, 5) is 18.7. The molecule has 1 N–H and O–H groups in total. The Hall–Kier alpha value is -3.02. The second-order valence-electron chi connectivity index (χ2n) is 5.44. The summed E-state index contributed by atoms with van der Waals surface area (Å²) in [6, 6.07) is 13.3. The summed E-state index contributed by atoms with van der Waals surface area (Å²) in [6.45, 7) is 3.21. The minimum Gasteiger partial charge on any atom is -0.358 e. The fourth-order valence-corrected chi connectivity index (χ4v) is 2.45. The molecule has 0 aliphatic carbocycles. The number of benzene rings is 1. The Kier molecular flexibility index (Phi) is 4.65. The van der Waals surface area contributed by atoms with Crippen LogP contribution in [0.3, 0.4) is 0 Å². The minimum atomic E-state index is -0.255. The molecule has 0 saturated carbocycles. The van der Waals surface area contributed by atoms with Gasteiger partial charge in [-0.1, -0.05) is 30.3 Å². The van der Waals surface area contributed by atoms with Gasteiger partial charge in [0.25, 0.3) is 5.91 Å². The maximum atomic E-state index is 12.5. The fraction of sp³-hybridized carbons (Fsp3) is 0.222. The Morgan fingerprint density at radius 2 is 1.83 bits per heavy atom. The molecule has 2 aromatic heterocycles. The van der Waals surface area contributed by atoms with Crippen molar-refractivity contribution in [3.8, 4) is 0 Å². The summed E-state index contributed by atoms with van der Waals surface area (Å²) in [5.74, 6) is 0.518. The molecule has 0 radical (unpaired) electrons. The molecule has 6 heteroatoms. The fourth-order valence-electron chi connectivity index (χ4n) is 2.45. The largest absolute Gasteiger partial charge is 0.358 e. The van der Waals surface area contributed by atoms with Crippen molar-refractivity contribution in [2.24, 2.45) is 0 Å². The van der Waals surface area contributed by atoms with Crippen LogP contribution in [0.15, 0.2) is 48.7 Å². The first-order chi connectivity index (χ1) is 11.7. The summed E-state index contributed by atoms with van der Waals surface area (Å²) in [7, 11) is 1.96. The van der Waals surface area contributed by atoms with Crippen molar-refractivity contribution in [2.75, 3.05) is 18.5 Å². The smallest absolute Gasteiger partial charge is 0.272 e. The van der Waals surface area contributed by atoms with E-state index in [-0.39, 0.29) is 5.91 Å². The molecular formula is C18H19N5O. The van der Waals surface area contributed by atoms with E-state index in [0.717, 1.165) is 28.8 Å². The Morgan fingerprint density at radius 3 is 2.54 bits per heavy atom. The van der Waals surface area contributed by atoms with Crippen molar-refractivity contribution < 1.29 is 4.79 Å². The van der Waals surface area contributed by atoms with E-state index in [1.165, 1.54) is 0 Å². The lowest BCUT2D eigenvalue weighted by molar-refractivity contribution is 0.0946. The van der Waals surface area contributed by atoms with Gasteiger partial charge in [-0.05, 0) is 19.1 Å². The number of aromatic nitrogens is 3. The molecule has 0 spiro atoms. The van der Waals surface area contributed by atoms with Crippen LogP contribution < -0.4 is 10.2 Å². The molecule has 24 heavy (non-hydrogen) atoms. The van der Waals surface area contributed by atoms with Gasteiger partial charge in [-0.2, -0.15) is 0 Å². The van der Waals surface area contributed by atoms with Crippen molar-refractivity contribution >= 4 is 22.5 Å². The van der Waals surface area contributed by atoms with Gasteiger partial charge < -0.3 is 10.2 Å². The van der Waals surface area contributed by atoms with Crippen LogP contribution in [0.1, 0.15) is 23.1 Å². The van der Waals surface area contributed by atoms with E-state index in [4.69, 9.17) is 0 Å². The van der Waals surface area contributed by atoms with Gasteiger partial charge in [-0.25, -0.2) is 0 Å². The number of hydrogen-bond donors (Lipinski definition) is 1. The van der Waals surface area contributed by atoms with E-state index < -0.39 is 0 Å². The van der Waals surface area contributed by atoms with Crippen LogP contribution in [0.5, 0.6) is 0 Å². The van der Waals surface area contributed by atoms with Crippen LogP contribution in [0.4, 0.5) is 5.82 Å². The van der Waals surface area contributed by atoms with Crippen molar-refractivity contribution in [1.82, 2.24) is 20.5 Å². The molecule has 3 aromatic rings. The average Bonchev–Trinajstić information content (AvgIpc) is 2.65. The van der Waals surface area contributed by atoms with Crippen LogP contribution in [-0.4, -0.2) is 34.7 Å². The monoisotopic (exact) mass is 321 g/mol. The lowest BCUT2D eigenvalue weighted by Crippen LogP contribution is -2.26. The molecule has 0 bridgehead atoms. The number of nitrogens with one attached hydrogen (secondary N) is 1. The highest BCUT2D eigenvalue weighted by Crippen LogP contribution is 2.24. The Balaban J connectivity index is 1.91. The van der Waals surface area contributed by atoms with E-state index >= 15 is 0 Å². The van der Waals surface area contributed by atoms with E-state index in [0.29, 0.717) is 12.2 Å². The third-order valence-corrected chi connectivity index (χ3v) is 3.88. The van der Waals surface area contributed by atoms with Gasteiger partial charge >= 0.3 is 0 Å². The first-order valence-corrected chi connectivity index (χ1v) is 7.85. The number of carbonyl (C=O) groups is 1. The Bertz CT molecular complexity index is 850. The standard InChI is InChI=1S/C18H19N5O/c1-3-23(2)17-15-10-5-4-9-14(15)16(21-22-17)18(24)20-12-13-8-6-7-11-19-13/h4-11H,3,12H2,1-2H3,(H,20,24). The number of amides is 1. The highest BCUT2D eigenvalue weighted by molar-refractivity contribution is 6.07. The molecule has 6 nitrogen and oxygen atoms in total. The zero-order valence-corrected chi connectivity index (χ0v) is 13.7. The molecule has 0 unspecified atom stereocenters. The van der Waals surface area contributed by atoms with Gasteiger partial charge in [0.15, 0.2) is 11.5 Å². The second-order valence-corrected chi connectivity index (χ2v) is 5.44. The first-order valence-electron chi connectivity index (χ1n) is 7.85. The van der Waals surface area contributed by atoms with E-state index in [9.17, 15) is 4.79 Å².